The molecule has 20 heavy (non-hydrogen) atoms. The number of pyridine rings is 1. The van der Waals surface area contributed by atoms with Gasteiger partial charge in [-0.1, -0.05) is 12.1 Å². The Balaban J connectivity index is 1.82. The maximum absolute atomic E-state index is 8.44. The van der Waals surface area contributed by atoms with Gasteiger partial charge < -0.3 is 10.1 Å². The zero-order valence-electron chi connectivity index (χ0n) is 11.5. The third-order valence-electron chi connectivity index (χ3n) is 3.02. The predicted molar refractivity (Wildman–Crippen MR) is 77.1 cm³/mol. The van der Waals surface area contributed by atoms with E-state index in [0.717, 1.165) is 18.8 Å². The summed E-state index contributed by atoms with van der Waals surface area (Å²) in [6, 6.07) is 11.7. The second kappa shape index (κ2) is 7.27. The van der Waals surface area contributed by atoms with Crippen molar-refractivity contribution in [2.24, 2.45) is 0 Å². The van der Waals surface area contributed by atoms with Crippen molar-refractivity contribution in [3.8, 4) is 11.8 Å². The van der Waals surface area contributed by atoms with Crippen molar-refractivity contribution in [1.82, 2.24) is 10.3 Å². The molecular weight excluding hydrogens is 250 g/mol. The van der Waals surface area contributed by atoms with Gasteiger partial charge in [-0.2, -0.15) is 5.26 Å². The normalized spacial score (nSPS) is 10.0. The maximum Gasteiger partial charge on any atom is 0.174 e. The summed E-state index contributed by atoms with van der Waals surface area (Å²) in [5.41, 5.74) is 3.63. The van der Waals surface area contributed by atoms with E-state index in [-0.39, 0.29) is 6.61 Å². The highest BCUT2D eigenvalue weighted by Crippen LogP contribution is 2.12. The van der Waals surface area contributed by atoms with Crippen LogP contribution in [-0.4, -0.2) is 11.6 Å². The molecule has 0 aliphatic rings. The van der Waals surface area contributed by atoms with Crippen LogP contribution in [-0.2, 0) is 13.1 Å². The molecule has 0 spiro atoms. The fourth-order valence-corrected chi connectivity index (χ4v) is 1.84. The van der Waals surface area contributed by atoms with E-state index < -0.39 is 0 Å². The molecule has 1 aromatic carbocycles. The third-order valence-corrected chi connectivity index (χ3v) is 3.02. The van der Waals surface area contributed by atoms with Crippen LogP contribution in [0.5, 0.6) is 5.75 Å². The number of hydrogen-bond donors (Lipinski definition) is 1. The van der Waals surface area contributed by atoms with E-state index >= 15 is 0 Å². The smallest absolute Gasteiger partial charge is 0.174 e. The molecule has 0 bridgehead atoms. The van der Waals surface area contributed by atoms with Gasteiger partial charge in [-0.05, 0) is 41.8 Å². The Morgan fingerprint density at radius 2 is 2.00 bits per heavy atom. The number of ether oxygens (including phenoxy) is 1. The van der Waals surface area contributed by atoms with Crippen LogP contribution in [0, 0.1) is 18.3 Å². The molecule has 1 N–H and O–H groups in total. The highest BCUT2D eigenvalue weighted by atomic mass is 16.5. The molecule has 0 aliphatic carbocycles. The van der Waals surface area contributed by atoms with Crippen molar-refractivity contribution in [3.05, 3.63) is 59.4 Å². The summed E-state index contributed by atoms with van der Waals surface area (Å²) in [7, 11) is 0. The highest BCUT2D eigenvalue weighted by molar-refractivity contribution is 5.27. The second-order valence-corrected chi connectivity index (χ2v) is 4.50. The summed E-state index contributed by atoms with van der Waals surface area (Å²) < 4.78 is 5.21. The summed E-state index contributed by atoms with van der Waals surface area (Å²) >= 11 is 0. The average molecular weight is 267 g/mol. The van der Waals surface area contributed by atoms with Crippen molar-refractivity contribution in [1.29, 1.82) is 5.26 Å². The average Bonchev–Trinajstić information content (AvgIpc) is 2.48. The van der Waals surface area contributed by atoms with Crippen LogP contribution < -0.4 is 10.1 Å². The number of rotatable bonds is 6. The molecule has 4 nitrogen and oxygen atoms in total. The van der Waals surface area contributed by atoms with Gasteiger partial charge in [0.1, 0.15) is 11.8 Å². The molecule has 102 valence electrons. The van der Waals surface area contributed by atoms with Gasteiger partial charge in [0, 0.05) is 25.5 Å². The summed E-state index contributed by atoms with van der Waals surface area (Å²) in [5, 5.41) is 11.8. The van der Waals surface area contributed by atoms with Crippen LogP contribution in [0.2, 0.25) is 0 Å². The summed E-state index contributed by atoms with van der Waals surface area (Å²) in [5.74, 6) is 0.721. The van der Waals surface area contributed by atoms with Gasteiger partial charge in [-0.3, -0.25) is 4.98 Å². The predicted octanol–water partition coefficient (Wildman–Crippen LogP) is 2.58. The molecule has 0 saturated heterocycles. The molecule has 1 heterocycles. The molecule has 0 saturated carbocycles. The van der Waals surface area contributed by atoms with Gasteiger partial charge in [0.2, 0.25) is 0 Å². The van der Waals surface area contributed by atoms with Gasteiger partial charge in [0.15, 0.2) is 6.61 Å². The standard InChI is InChI=1S/C16H17N3O/c1-13-6-8-18-11-15(13)12-19-10-14-2-4-16(5-3-14)20-9-7-17/h2-6,8,11,19H,9-10,12H2,1H3. The summed E-state index contributed by atoms with van der Waals surface area (Å²) in [6.45, 7) is 3.75. The van der Waals surface area contributed by atoms with Crippen LogP contribution in [0.25, 0.3) is 0 Å². The number of nitrogens with one attached hydrogen (secondary N) is 1. The van der Waals surface area contributed by atoms with Crippen LogP contribution in [0.15, 0.2) is 42.7 Å². The summed E-state index contributed by atoms with van der Waals surface area (Å²) in [6.07, 6.45) is 3.69. The number of nitriles is 1. The van der Waals surface area contributed by atoms with E-state index in [2.05, 4.69) is 17.2 Å². The molecule has 2 aromatic rings. The Morgan fingerprint density at radius 3 is 2.70 bits per heavy atom. The quantitative estimate of drug-likeness (QED) is 0.874. The molecule has 1 aromatic heterocycles. The van der Waals surface area contributed by atoms with E-state index in [4.69, 9.17) is 10.00 Å². The molecule has 0 aliphatic heterocycles. The van der Waals surface area contributed by atoms with E-state index in [0.29, 0.717) is 0 Å². The van der Waals surface area contributed by atoms with Gasteiger partial charge in [0.05, 0.1) is 0 Å². The van der Waals surface area contributed by atoms with E-state index in [9.17, 15) is 0 Å². The van der Waals surface area contributed by atoms with Crippen molar-refractivity contribution in [3.63, 3.8) is 0 Å². The van der Waals surface area contributed by atoms with Crippen molar-refractivity contribution >= 4 is 0 Å². The lowest BCUT2D eigenvalue weighted by Crippen LogP contribution is -2.13. The Kier molecular flexibility index (Phi) is 5.10. The topological polar surface area (TPSA) is 57.9 Å². The Hall–Kier alpha value is -2.38. The van der Waals surface area contributed by atoms with E-state index in [1.54, 1.807) is 6.20 Å². The molecule has 0 fully saturated rings. The lowest BCUT2D eigenvalue weighted by atomic mass is 10.1. The van der Waals surface area contributed by atoms with E-state index in [1.807, 2.05) is 42.6 Å². The molecule has 0 amide bonds. The SMILES string of the molecule is Cc1ccncc1CNCc1ccc(OCC#N)cc1. The fourth-order valence-electron chi connectivity index (χ4n) is 1.84. The zero-order chi connectivity index (χ0) is 14.2. The number of hydrogen-bond acceptors (Lipinski definition) is 4. The monoisotopic (exact) mass is 267 g/mol. The maximum atomic E-state index is 8.44. The van der Waals surface area contributed by atoms with Gasteiger partial charge >= 0.3 is 0 Å². The first-order chi connectivity index (χ1) is 9.79. The third kappa shape index (κ3) is 4.08. The number of aryl methyl sites for hydroxylation is 1. The van der Waals surface area contributed by atoms with Gasteiger partial charge in [0.25, 0.3) is 0 Å². The summed E-state index contributed by atoms with van der Waals surface area (Å²) in [4.78, 5) is 4.13. The zero-order valence-corrected chi connectivity index (χ0v) is 11.5. The van der Waals surface area contributed by atoms with Crippen LogP contribution in [0.1, 0.15) is 16.7 Å². The molecule has 0 atom stereocenters. The first-order valence-electron chi connectivity index (χ1n) is 6.48. The number of nitrogens with zero attached hydrogens (tertiary/aromatic N) is 2. The first kappa shape index (κ1) is 14.0. The lowest BCUT2D eigenvalue weighted by molar-refractivity contribution is 0.368. The number of benzene rings is 1. The van der Waals surface area contributed by atoms with Crippen LogP contribution >= 0.6 is 0 Å². The largest absolute Gasteiger partial charge is 0.479 e. The lowest BCUT2D eigenvalue weighted by Gasteiger charge is -2.08. The van der Waals surface area contributed by atoms with Crippen molar-refractivity contribution < 1.29 is 4.74 Å². The fraction of sp³-hybridized carbons (Fsp3) is 0.250. The highest BCUT2D eigenvalue weighted by Gasteiger charge is 1.99. The Morgan fingerprint density at radius 1 is 1.20 bits per heavy atom. The minimum absolute atomic E-state index is 0.0812. The molecule has 4 heteroatoms. The van der Waals surface area contributed by atoms with Crippen LogP contribution in [0.4, 0.5) is 0 Å². The molecular formula is C16H17N3O. The number of aromatic nitrogens is 1. The first-order valence-corrected chi connectivity index (χ1v) is 6.48. The van der Waals surface area contributed by atoms with Gasteiger partial charge in [-0.15, -0.1) is 0 Å². The Bertz CT molecular complexity index is 587. The van der Waals surface area contributed by atoms with Crippen LogP contribution in [0.3, 0.4) is 0 Å². The molecule has 2 rings (SSSR count). The minimum atomic E-state index is 0.0812. The van der Waals surface area contributed by atoms with E-state index in [1.165, 1.54) is 16.7 Å². The van der Waals surface area contributed by atoms with Gasteiger partial charge in [-0.25, -0.2) is 0 Å². The molecule has 0 radical (unpaired) electrons. The molecule has 0 unspecified atom stereocenters. The van der Waals surface area contributed by atoms with Crippen molar-refractivity contribution in [2.75, 3.05) is 6.61 Å². The van der Waals surface area contributed by atoms with Crippen molar-refractivity contribution in [2.45, 2.75) is 20.0 Å². The Labute approximate surface area is 119 Å². The minimum Gasteiger partial charge on any atom is -0.479 e. The second-order valence-electron chi connectivity index (χ2n) is 4.50.